The van der Waals surface area contributed by atoms with E-state index in [-0.39, 0.29) is 23.5 Å². The Balaban J connectivity index is 1.49. The van der Waals surface area contributed by atoms with Crippen LogP contribution in [0, 0.1) is 11.7 Å². The van der Waals surface area contributed by atoms with Gasteiger partial charge in [-0.3, -0.25) is 9.59 Å². The van der Waals surface area contributed by atoms with E-state index >= 15 is 0 Å². The molecule has 0 bridgehead atoms. The molecular formula is C21H21FN2O2. The highest BCUT2D eigenvalue weighted by atomic mass is 19.1. The van der Waals surface area contributed by atoms with Crippen molar-refractivity contribution in [2.24, 2.45) is 5.92 Å². The first-order valence-electron chi connectivity index (χ1n) is 8.70. The first-order chi connectivity index (χ1) is 12.6. The van der Waals surface area contributed by atoms with Crippen LogP contribution in [0.1, 0.15) is 18.4 Å². The number of rotatable bonds is 4. The SMILES string of the molecule is O=C(Nc1ccc(F)cc1)C1CCN(C(=O)/C=C/c2ccccc2)CC1. The number of carbonyl (C=O) groups excluding carboxylic acids is 2. The fourth-order valence-electron chi connectivity index (χ4n) is 2.98. The van der Waals surface area contributed by atoms with Crippen molar-refractivity contribution < 1.29 is 14.0 Å². The number of halogens is 1. The summed E-state index contributed by atoms with van der Waals surface area (Å²) in [6, 6.07) is 15.4. The second-order valence-corrected chi connectivity index (χ2v) is 6.34. The van der Waals surface area contributed by atoms with E-state index in [9.17, 15) is 14.0 Å². The molecule has 0 unspecified atom stereocenters. The van der Waals surface area contributed by atoms with Gasteiger partial charge >= 0.3 is 0 Å². The number of nitrogens with one attached hydrogen (secondary N) is 1. The molecule has 1 saturated heterocycles. The summed E-state index contributed by atoms with van der Waals surface area (Å²) < 4.78 is 12.9. The van der Waals surface area contributed by atoms with Crippen LogP contribution < -0.4 is 5.32 Å². The number of hydrogen-bond donors (Lipinski definition) is 1. The van der Waals surface area contributed by atoms with Crippen LogP contribution in [-0.4, -0.2) is 29.8 Å². The molecule has 1 fully saturated rings. The standard InChI is InChI=1S/C21H21FN2O2/c22-18-7-9-19(10-8-18)23-21(26)17-12-14-24(15-13-17)20(25)11-6-16-4-2-1-3-5-16/h1-11,17H,12-15H2,(H,23,26)/b11-6+. The average Bonchev–Trinajstić information content (AvgIpc) is 2.69. The molecule has 134 valence electrons. The van der Waals surface area contributed by atoms with E-state index in [1.54, 1.807) is 29.2 Å². The van der Waals surface area contributed by atoms with Gasteiger partial charge in [-0.15, -0.1) is 0 Å². The number of amides is 2. The van der Waals surface area contributed by atoms with Crippen molar-refractivity contribution in [3.63, 3.8) is 0 Å². The Morgan fingerprint density at radius 1 is 1.00 bits per heavy atom. The van der Waals surface area contributed by atoms with E-state index in [4.69, 9.17) is 0 Å². The monoisotopic (exact) mass is 352 g/mol. The second-order valence-electron chi connectivity index (χ2n) is 6.34. The Kier molecular flexibility index (Phi) is 5.79. The van der Waals surface area contributed by atoms with Crippen LogP contribution >= 0.6 is 0 Å². The summed E-state index contributed by atoms with van der Waals surface area (Å²) in [6.45, 7) is 1.11. The maximum atomic E-state index is 12.9. The fraction of sp³-hybridized carbons (Fsp3) is 0.238. The lowest BCUT2D eigenvalue weighted by Crippen LogP contribution is -2.40. The molecule has 0 aliphatic carbocycles. The Morgan fingerprint density at radius 2 is 1.65 bits per heavy atom. The van der Waals surface area contributed by atoms with Crippen molar-refractivity contribution in [3.05, 3.63) is 72.1 Å². The summed E-state index contributed by atoms with van der Waals surface area (Å²) in [5.41, 5.74) is 1.56. The summed E-state index contributed by atoms with van der Waals surface area (Å²) in [6.07, 6.45) is 4.62. The van der Waals surface area contributed by atoms with Crippen molar-refractivity contribution in [3.8, 4) is 0 Å². The van der Waals surface area contributed by atoms with Gasteiger partial charge in [-0.25, -0.2) is 4.39 Å². The third-order valence-electron chi connectivity index (χ3n) is 4.51. The van der Waals surface area contributed by atoms with Crippen molar-refractivity contribution in [1.82, 2.24) is 4.90 Å². The van der Waals surface area contributed by atoms with Crippen LogP contribution in [0.5, 0.6) is 0 Å². The number of benzene rings is 2. The van der Waals surface area contributed by atoms with Crippen LogP contribution in [0.2, 0.25) is 0 Å². The maximum absolute atomic E-state index is 12.9. The quantitative estimate of drug-likeness (QED) is 0.853. The number of nitrogens with zero attached hydrogens (tertiary/aromatic N) is 1. The van der Waals surface area contributed by atoms with E-state index in [1.807, 2.05) is 30.3 Å². The van der Waals surface area contributed by atoms with E-state index in [0.717, 1.165) is 5.56 Å². The Hall–Kier alpha value is -2.95. The van der Waals surface area contributed by atoms with E-state index in [0.29, 0.717) is 31.6 Å². The minimum absolute atomic E-state index is 0.0359. The number of anilines is 1. The number of likely N-dealkylation sites (tertiary alicyclic amines) is 1. The van der Waals surface area contributed by atoms with Crippen molar-refractivity contribution in [1.29, 1.82) is 0 Å². The van der Waals surface area contributed by atoms with Gasteiger partial charge in [0.2, 0.25) is 11.8 Å². The number of carbonyl (C=O) groups is 2. The summed E-state index contributed by atoms with van der Waals surface area (Å²) in [4.78, 5) is 26.4. The topological polar surface area (TPSA) is 49.4 Å². The molecule has 0 atom stereocenters. The molecule has 4 nitrogen and oxygen atoms in total. The molecule has 1 aliphatic heterocycles. The molecule has 26 heavy (non-hydrogen) atoms. The predicted octanol–water partition coefficient (Wildman–Crippen LogP) is 3.72. The largest absolute Gasteiger partial charge is 0.339 e. The van der Waals surface area contributed by atoms with Crippen molar-refractivity contribution in [2.75, 3.05) is 18.4 Å². The molecule has 5 heteroatoms. The molecule has 1 heterocycles. The molecular weight excluding hydrogens is 331 g/mol. The molecule has 1 aliphatic rings. The molecule has 0 radical (unpaired) electrons. The smallest absolute Gasteiger partial charge is 0.246 e. The highest BCUT2D eigenvalue weighted by Gasteiger charge is 2.26. The molecule has 0 saturated carbocycles. The number of hydrogen-bond acceptors (Lipinski definition) is 2. The molecule has 3 rings (SSSR count). The van der Waals surface area contributed by atoms with Gasteiger partial charge in [0.15, 0.2) is 0 Å². The van der Waals surface area contributed by atoms with Crippen LogP contribution in [0.4, 0.5) is 10.1 Å². The van der Waals surface area contributed by atoms with Gasteiger partial charge in [0, 0.05) is 30.8 Å². The van der Waals surface area contributed by atoms with Crippen molar-refractivity contribution in [2.45, 2.75) is 12.8 Å². The summed E-state index contributed by atoms with van der Waals surface area (Å²) in [5.74, 6) is -0.588. The van der Waals surface area contributed by atoms with Crippen LogP contribution in [0.15, 0.2) is 60.7 Å². The third kappa shape index (κ3) is 4.79. The molecule has 1 N–H and O–H groups in total. The van der Waals surface area contributed by atoms with Gasteiger partial charge in [-0.05, 0) is 48.7 Å². The van der Waals surface area contributed by atoms with Gasteiger partial charge in [0.25, 0.3) is 0 Å². The zero-order chi connectivity index (χ0) is 18.4. The fourth-order valence-corrected chi connectivity index (χ4v) is 2.98. The molecule has 2 aromatic rings. The lowest BCUT2D eigenvalue weighted by Gasteiger charge is -2.30. The molecule has 2 amide bonds. The van der Waals surface area contributed by atoms with Gasteiger partial charge < -0.3 is 10.2 Å². The zero-order valence-electron chi connectivity index (χ0n) is 14.4. The Bertz CT molecular complexity index is 779. The second kappa shape index (κ2) is 8.43. The Morgan fingerprint density at radius 3 is 2.31 bits per heavy atom. The third-order valence-corrected chi connectivity index (χ3v) is 4.51. The normalized spacial score (nSPS) is 15.2. The number of piperidine rings is 1. The molecule has 0 aromatic heterocycles. The minimum Gasteiger partial charge on any atom is -0.339 e. The van der Waals surface area contributed by atoms with E-state index in [1.165, 1.54) is 12.1 Å². The van der Waals surface area contributed by atoms with Crippen LogP contribution in [0.25, 0.3) is 6.08 Å². The first kappa shape index (κ1) is 17.9. The van der Waals surface area contributed by atoms with Crippen LogP contribution in [0.3, 0.4) is 0 Å². The van der Waals surface area contributed by atoms with Crippen LogP contribution in [-0.2, 0) is 9.59 Å². The van der Waals surface area contributed by atoms with Crippen molar-refractivity contribution >= 4 is 23.6 Å². The highest BCUT2D eigenvalue weighted by molar-refractivity contribution is 5.94. The van der Waals surface area contributed by atoms with E-state index < -0.39 is 0 Å². The molecule has 0 spiro atoms. The first-order valence-corrected chi connectivity index (χ1v) is 8.70. The lowest BCUT2D eigenvalue weighted by atomic mass is 9.95. The summed E-state index contributed by atoms with van der Waals surface area (Å²) in [7, 11) is 0. The lowest BCUT2D eigenvalue weighted by molar-refractivity contribution is -0.130. The van der Waals surface area contributed by atoms with Gasteiger partial charge in [-0.1, -0.05) is 30.3 Å². The summed E-state index contributed by atoms with van der Waals surface area (Å²) in [5, 5.41) is 2.81. The van der Waals surface area contributed by atoms with Gasteiger partial charge in [0.1, 0.15) is 5.82 Å². The minimum atomic E-state index is -0.335. The van der Waals surface area contributed by atoms with Gasteiger partial charge in [0.05, 0.1) is 0 Å². The molecule has 2 aromatic carbocycles. The highest BCUT2D eigenvalue weighted by Crippen LogP contribution is 2.20. The predicted molar refractivity (Wildman–Crippen MR) is 99.8 cm³/mol. The zero-order valence-corrected chi connectivity index (χ0v) is 14.4. The Labute approximate surface area is 152 Å². The summed E-state index contributed by atoms with van der Waals surface area (Å²) >= 11 is 0. The maximum Gasteiger partial charge on any atom is 0.246 e. The average molecular weight is 352 g/mol. The van der Waals surface area contributed by atoms with E-state index in [2.05, 4.69) is 5.32 Å². The van der Waals surface area contributed by atoms with Gasteiger partial charge in [-0.2, -0.15) is 0 Å².